The molecule has 12 heteroatoms. The van der Waals surface area contributed by atoms with Gasteiger partial charge in [0, 0.05) is 50.3 Å². The van der Waals surface area contributed by atoms with Gasteiger partial charge in [-0.15, -0.1) is 0 Å². The molecular weight excluding hydrogens is 343 g/mol. The molecule has 0 aromatic rings. The van der Waals surface area contributed by atoms with Gasteiger partial charge in [0.05, 0.1) is 13.7 Å². The first kappa shape index (κ1) is 33.8. The summed E-state index contributed by atoms with van der Waals surface area (Å²) in [5.41, 5.74) is 0. The van der Waals surface area contributed by atoms with Crippen molar-refractivity contribution in [1.29, 1.82) is 0 Å². The standard InChI is InChI=1S/C7H12O5.2C2H4O2.CH2O2.Na/c1-5(9)11-4-7(3-8)12-6(2)10;1-4-2-3;1-2(3)4;2-1-3;/h7-8H,3-4H2,1-2H3;2H,1H3;1H3,(H,3,4);1H,(H,2,3);. The molecule has 11 nitrogen and oxygen atoms in total. The third-order valence-corrected chi connectivity index (χ3v) is 1.10. The van der Waals surface area contributed by atoms with Crippen molar-refractivity contribution in [2.45, 2.75) is 26.9 Å². The maximum Gasteiger partial charge on any atom is 0.303 e. The maximum atomic E-state index is 10.4. The van der Waals surface area contributed by atoms with E-state index in [0.29, 0.717) is 6.47 Å². The van der Waals surface area contributed by atoms with Crippen molar-refractivity contribution in [3.8, 4) is 0 Å². The van der Waals surface area contributed by atoms with Gasteiger partial charge in [0.25, 0.3) is 18.9 Å². The molecule has 0 aliphatic heterocycles. The zero-order chi connectivity index (χ0) is 19.3. The largest absolute Gasteiger partial charge is 0.483 e. The zero-order valence-electron chi connectivity index (χ0n) is 14.3. The molecule has 1 unspecified atom stereocenters. The predicted octanol–water partition coefficient (Wildman–Crippen LogP) is -1.33. The second-order valence-corrected chi connectivity index (χ2v) is 3.17. The predicted molar refractivity (Wildman–Crippen MR) is 80.1 cm³/mol. The number of aliphatic hydroxyl groups is 1. The summed E-state index contributed by atoms with van der Waals surface area (Å²) in [4.78, 5) is 47.0. The molecule has 0 bridgehead atoms. The Balaban J connectivity index is -0.0000000831. The molecule has 1 radical (unpaired) electrons. The molecule has 0 spiro atoms. The Hall–Kier alpha value is -1.69. The molecule has 3 N–H and O–H groups in total. The fraction of sp³-hybridized carbons (Fsp3) is 0.583. The van der Waals surface area contributed by atoms with Crippen molar-refractivity contribution in [2.75, 3.05) is 20.3 Å². The van der Waals surface area contributed by atoms with Crippen LogP contribution in [0.2, 0.25) is 0 Å². The number of rotatable bonds is 5. The van der Waals surface area contributed by atoms with Crippen LogP contribution in [0.5, 0.6) is 0 Å². The third-order valence-electron chi connectivity index (χ3n) is 1.10. The Morgan fingerprint density at radius 3 is 1.58 bits per heavy atom. The van der Waals surface area contributed by atoms with E-state index in [0.717, 1.165) is 6.92 Å². The number of carbonyl (C=O) groups excluding carboxylic acids is 3. The zero-order valence-corrected chi connectivity index (χ0v) is 16.3. The Bertz CT molecular complexity index is 329. The number of aliphatic hydroxyl groups excluding tert-OH is 1. The first-order valence-electron chi connectivity index (χ1n) is 5.77. The molecule has 0 aliphatic rings. The monoisotopic (exact) mass is 365 g/mol. The number of hydrogen-bond donors (Lipinski definition) is 3. The molecular formula is C12H22NaO11. The summed E-state index contributed by atoms with van der Waals surface area (Å²) in [6.45, 7) is 3.21. The van der Waals surface area contributed by atoms with Gasteiger partial charge in [-0.25, -0.2) is 0 Å². The van der Waals surface area contributed by atoms with Crippen molar-refractivity contribution >= 4 is 60.4 Å². The smallest absolute Gasteiger partial charge is 0.303 e. The SMILES string of the molecule is CC(=O)O.CC(=O)OCC(CO)OC(C)=O.COC=O.O=CO.[Na]. The molecule has 0 rings (SSSR count). The number of hydrogen-bond acceptors (Lipinski definition) is 9. The van der Waals surface area contributed by atoms with Gasteiger partial charge in [0.1, 0.15) is 6.61 Å². The molecule has 0 saturated heterocycles. The van der Waals surface area contributed by atoms with Gasteiger partial charge >= 0.3 is 11.9 Å². The average Bonchev–Trinajstić information content (AvgIpc) is 2.43. The van der Waals surface area contributed by atoms with E-state index in [1.807, 2.05) is 0 Å². The molecule has 0 aliphatic carbocycles. The normalized spacial score (nSPS) is 8.38. The average molecular weight is 365 g/mol. The van der Waals surface area contributed by atoms with Gasteiger partial charge in [0.15, 0.2) is 6.10 Å². The molecule has 137 valence electrons. The number of carboxylic acids is 1. The maximum absolute atomic E-state index is 10.4. The van der Waals surface area contributed by atoms with E-state index in [-0.39, 0.29) is 49.2 Å². The molecule has 0 amide bonds. The molecule has 0 aromatic heterocycles. The van der Waals surface area contributed by atoms with Crippen molar-refractivity contribution in [1.82, 2.24) is 0 Å². The second kappa shape index (κ2) is 29.3. The van der Waals surface area contributed by atoms with E-state index in [4.69, 9.17) is 29.7 Å². The summed E-state index contributed by atoms with van der Waals surface area (Å²) >= 11 is 0. The van der Waals surface area contributed by atoms with E-state index in [1.54, 1.807) is 0 Å². The molecule has 0 aromatic carbocycles. The van der Waals surface area contributed by atoms with Crippen LogP contribution in [0.15, 0.2) is 0 Å². The van der Waals surface area contributed by atoms with Gasteiger partial charge in [-0.3, -0.25) is 24.0 Å². The molecule has 24 heavy (non-hydrogen) atoms. The fourth-order valence-electron chi connectivity index (χ4n) is 0.569. The minimum absolute atomic E-state index is 0. The Kier molecular flexibility index (Phi) is 41.3. The summed E-state index contributed by atoms with van der Waals surface area (Å²) in [7, 11) is 1.31. The molecule has 0 saturated carbocycles. The van der Waals surface area contributed by atoms with E-state index in [2.05, 4.69) is 14.2 Å². The van der Waals surface area contributed by atoms with Gasteiger partial charge in [-0.05, 0) is 0 Å². The number of methoxy groups -OCH3 is 1. The van der Waals surface area contributed by atoms with Crippen molar-refractivity contribution < 1.29 is 53.5 Å². The number of ether oxygens (including phenoxy) is 3. The van der Waals surface area contributed by atoms with E-state index < -0.39 is 24.0 Å². The van der Waals surface area contributed by atoms with Gasteiger partial charge in [-0.1, -0.05) is 0 Å². The van der Waals surface area contributed by atoms with Crippen LogP contribution in [-0.2, 0) is 38.2 Å². The summed E-state index contributed by atoms with van der Waals surface area (Å²) in [5, 5.41) is 22.9. The van der Waals surface area contributed by atoms with Crippen LogP contribution >= 0.6 is 0 Å². The van der Waals surface area contributed by atoms with E-state index >= 15 is 0 Å². The molecule has 0 heterocycles. The van der Waals surface area contributed by atoms with Gasteiger partial charge < -0.3 is 29.5 Å². The van der Waals surface area contributed by atoms with Crippen LogP contribution in [0.1, 0.15) is 20.8 Å². The first-order valence-corrected chi connectivity index (χ1v) is 5.77. The number of carbonyl (C=O) groups is 5. The fourth-order valence-corrected chi connectivity index (χ4v) is 0.569. The summed E-state index contributed by atoms with van der Waals surface area (Å²) in [6, 6.07) is 0. The van der Waals surface area contributed by atoms with Crippen molar-refractivity contribution in [3.05, 3.63) is 0 Å². The minimum Gasteiger partial charge on any atom is -0.483 e. The Morgan fingerprint density at radius 1 is 1.08 bits per heavy atom. The summed E-state index contributed by atoms with van der Waals surface area (Å²) in [5.74, 6) is -1.82. The minimum atomic E-state index is -0.833. The van der Waals surface area contributed by atoms with E-state index in [1.165, 1.54) is 21.0 Å². The summed E-state index contributed by atoms with van der Waals surface area (Å²) < 4.78 is 13.0. The van der Waals surface area contributed by atoms with Crippen molar-refractivity contribution in [2.24, 2.45) is 0 Å². The number of esters is 2. The van der Waals surface area contributed by atoms with Crippen LogP contribution in [0.25, 0.3) is 0 Å². The van der Waals surface area contributed by atoms with Crippen LogP contribution < -0.4 is 0 Å². The topological polar surface area (TPSA) is 174 Å². The van der Waals surface area contributed by atoms with Crippen LogP contribution in [0.4, 0.5) is 0 Å². The van der Waals surface area contributed by atoms with Crippen LogP contribution in [-0.4, -0.2) is 102 Å². The Morgan fingerprint density at radius 2 is 1.42 bits per heavy atom. The summed E-state index contributed by atoms with van der Waals surface area (Å²) in [6.07, 6.45) is -0.758. The van der Waals surface area contributed by atoms with Crippen LogP contribution in [0.3, 0.4) is 0 Å². The number of carboxylic acid groups (broad SMARTS) is 2. The molecule has 1 atom stereocenters. The molecule has 0 fully saturated rings. The van der Waals surface area contributed by atoms with Gasteiger partial charge in [0.2, 0.25) is 0 Å². The van der Waals surface area contributed by atoms with Crippen LogP contribution in [0, 0.1) is 0 Å². The first-order chi connectivity index (χ1) is 10.6. The van der Waals surface area contributed by atoms with E-state index in [9.17, 15) is 9.59 Å². The number of aliphatic carboxylic acids is 1. The third kappa shape index (κ3) is 71.2. The Labute approximate surface area is 161 Å². The quantitative estimate of drug-likeness (QED) is 0.228. The second-order valence-electron chi connectivity index (χ2n) is 3.17. The van der Waals surface area contributed by atoms with Gasteiger partial charge in [-0.2, -0.15) is 0 Å². The van der Waals surface area contributed by atoms with Crippen molar-refractivity contribution in [3.63, 3.8) is 0 Å².